The Bertz CT molecular complexity index is 258. The molecule has 0 heterocycles. The van der Waals surface area contributed by atoms with Crippen molar-refractivity contribution in [2.45, 2.75) is 0 Å². The van der Waals surface area contributed by atoms with Crippen LogP contribution >= 0.6 is 0 Å². The number of rotatable bonds is 3. The standard InChI is InChI=1S/C9H11O3/c1-10-7-4-5-8(11-2)9(6-7)12-3/h4-6H,2H2,1,3H3. The molecule has 0 amide bonds. The van der Waals surface area contributed by atoms with Gasteiger partial charge in [0.15, 0.2) is 11.5 Å². The van der Waals surface area contributed by atoms with Crippen molar-refractivity contribution in [3.63, 3.8) is 0 Å². The van der Waals surface area contributed by atoms with E-state index >= 15 is 0 Å². The Labute approximate surface area is 71.9 Å². The van der Waals surface area contributed by atoms with Crippen molar-refractivity contribution in [3.05, 3.63) is 25.3 Å². The minimum atomic E-state index is 0.596. The summed E-state index contributed by atoms with van der Waals surface area (Å²) in [6, 6.07) is 5.26. The van der Waals surface area contributed by atoms with E-state index in [1.54, 1.807) is 32.4 Å². The molecule has 0 bridgehead atoms. The Morgan fingerprint density at radius 1 is 1.08 bits per heavy atom. The zero-order valence-corrected chi connectivity index (χ0v) is 7.16. The molecular weight excluding hydrogens is 156 g/mol. The first-order valence-electron chi connectivity index (χ1n) is 3.46. The van der Waals surface area contributed by atoms with Crippen LogP contribution in [0.2, 0.25) is 0 Å². The Morgan fingerprint density at radius 3 is 2.33 bits per heavy atom. The van der Waals surface area contributed by atoms with Crippen LogP contribution in [0.25, 0.3) is 0 Å². The van der Waals surface area contributed by atoms with Gasteiger partial charge in [0, 0.05) is 6.07 Å². The third-order valence-electron chi connectivity index (χ3n) is 1.53. The van der Waals surface area contributed by atoms with Gasteiger partial charge < -0.3 is 14.2 Å². The monoisotopic (exact) mass is 167 g/mol. The number of ether oxygens (including phenoxy) is 3. The first-order valence-corrected chi connectivity index (χ1v) is 3.46. The van der Waals surface area contributed by atoms with Gasteiger partial charge in [0.1, 0.15) is 12.9 Å². The normalized spacial score (nSPS) is 9.25. The van der Waals surface area contributed by atoms with Crippen LogP contribution in [0, 0.1) is 7.11 Å². The van der Waals surface area contributed by atoms with E-state index in [0.717, 1.165) is 5.75 Å². The average Bonchev–Trinajstić information content (AvgIpc) is 2.16. The van der Waals surface area contributed by atoms with Gasteiger partial charge in [-0.25, -0.2) is 0 Å². The average molecular weight is 167 g/mol. The molecule has 0 fully saturated rings. The first-order chi connectivity index (χ1) is 5.81. The molecule has 1 aromatic carbocycles. The van der Waals surface area contributed by atoms with E-state index in [4.69, 9.17) is 14.2 Å². The van der Waals surface area contributed by atoms with Crippen LogP contribution in [0.5, 0.6) is 17.2 Å². The highest BCUT2D eigenvalue weighted by atomic mass is 16.5. The predicted molar refractivity (Wildman–Crippen MR) is 45.5 cm³/mol. The van der Waals surface area contributed by atoms with Gasteiger partial charge in [-0.1, -0.05) is 0 Å². The molecule has 0 atom stereocenters. The quantitative estimate of drug-likeness (QED) is 0.687. The first kappa shape index (κ1) is 8.71. The Kier molecular flexibility index (Phi) is 2.80. The number of hydrogen-bond donors (Lipinski definition) is 0. The minimum Gasteiger partial charge on any atom is -0.497 e. The topological polar surface area (TPSA) is 27.7 Å². The molecule has 0 saturated carbocycles. The van der Waals surface area contributed by atoms with E-state index in [-0.39, 0.29) is 0 Å². The molecule has 0 spiro atoms. The SMILES string of the molecule is [CH2]Oc1ccc(OC)cc1OC. The number of methoxy groups -OCH3 is 2. The maximum Gasteiger partial charge on any atom is 0.164 e. The second kappa shape index (κ2) is 3.85. The molecule has 65 valence electrons. The zero-order chi connectivity index (χ0) is 8.97. The van der Waals surface area contributed by atoms with Gasteiger partial charge in [-0.3, -0.25) is 0 Å². The van der Waals surface area contributed by atoms with Crippen molar-refractivity contribution < 1.29 is 14.2 Å². The molecular formula is C9H11O3. The summed E-state index contributed by atoms with van der Waals surface area (Å²) in [5, 5.41) is 0. The second-order valence-electron chi connectivity index (χ2n) is 2.16. The molecule has 0 aliphatic carbocycles. The molecule has 1 rings (SSSR count). The van der Waals surface area contributed by atoms with Gasteiger partial charge in [0.2, 0.25) is 0 Å². The van der Waals surface area contributed by atoms with Crippen LogP contribution < -0.4 is 14.2 Å². The van der Waals surface area contributed by atoms with Crippen molar-refractivity contribution in [2.24, 2.45) is 0 Å². The molecule has 0 unspecified atom stereocenters. The lowest BCUT2D eigenvalue weighted by atomic mass is 10.3. The summed E-state index contributed by atoms with van der Waals surface area (Å²) < 4.78 is 14.8. The van der Waals surface area contributed by atoms with Crippen molar-refractivity contribution in [3.8, 4) is 17.2 Å². The predicted octanol–water partition coefficient (Wildman–Crippen LogP) is 1.87. The van der Waals surface area contributed by atoms with Crippen molar-refractivity contribution in [1.82, 2.24) is 0 Å². The molecule has 0 aliphatic heterocycles. The van der Waals surface area contributed by atoms with Gasteiger partial charge in [-0.05, 0) is 12.1 Å². The highest BCUT2D eigenvalue weighted by Gasteiger charge is 2.03. The Balaban J connectivity index is 3.02. The smallest absolute Gasteiger partial charge is 0.164 e. The maximum atomic E-state index is 5.03. The Hall–Kier alpha value is -1.38. The third kappa shape index (κ3) is 1.61. The fraction of sp³-hybridized carbons (Fsp3) is 0.222. The summed E-state index contributed by atoms with van der Waals surface area (Å²) in [6.07, 6.45) is 0. The summed E-state index contributed by atoms with van der Waals surface area (Å²) in [7, 11) is 6.46. The van der Waals surface area contributed by atoms with Crippen LogP contribution in [-0.4, -0.2) is 14.2 Å². The summed E-state index contributed by atoms with van der Waals surface area (Å²) in [6.45, 7) is 0. The lowest BCUT2D eigenvalue weighted by Gasteiger charge is -2.07. The van der Waals surface area contributed by atoms with Gasteiger partial charge in [-0.2, -0.15) is 0 Å². The van der Waals surface area contributed by atoms with Crippen molar-refractivity contribution in [1.29, 1.82) is 0 Å². The molecule has 12 heavy (non-hydrogen) atoms. The lowest BCUT2D eigenvalue weighted by Crippen LogP contribution is -1.90. The number of benzene rings is 1. The van der Waals surface area contributed by atoms with Gasteiger partial charge in [-0.15, -0.1) is 0 Å². The highest BCUT2D eigenvalue weighted by Crippen LogP contribution is 2.30. The molecule has 0 N–H and O–H groups in total. The minimum absolute atomic E-state index is 0.596. The molecule has 0 aromatic heterocycles. The summed E-state index contributed by atoms with van der Waals surface area (Å²) in [5.41, 5.74) is 0. The third-order valence-corrected chi connectivity index (χ3v) is 1.53. The maximum absolute atomic E-state index is 5.03. The summed E-state index contributed by atoms with van der Waals surface area (Å²) in [5.74, 6) is 1.94. The van der Waals surface area contributed by atoms with E-state index in [9.17, 15) is 0 Å². The van der Waals surface area contributed by atoms with E-state index in [1.165, 1.54) is 0 Å². The largest absolute Gasteiger partial charge is 0.497 e. The molecule has 3 nitrogen and oxygen atoms in total. The number of hydrogen-bond acceptors (Lipinski definition) is 3. The van der Waals surface area contributed by atoms with E-state index in [2.05, 4.69) is 7.11 Å². The lowest BCUT2D eigenvalue weighted by molar-refractivity contribution is 0.366. The van der Waals surface area contributed by atoms with Gasteiger partial charge in [0.05, 0.1) is 14.2 Å². The molecule has 3 heteroatoms. The van der Waals surface area contributed by atoms with Crippen LogP contribution in [0.1, 0.15) is 0 Å². The highest BCUT2D eigenvalue weighted by molar-refractivity contribution is 5.45. The molecule has 0 aliphatic rings. The second-order valence-corrected chi connectivity index (χ2v) is 2.16. The summed E-state index contributed by atoms with van der Waals surface area (Å²) >= 11 is 0. The Morgan fingerprint density at radius 2 is 1.83 bits per heavy atom. The molecule has 0 saturated heterocycles. The molecule has 1 radical (unpaired) electrons. The van der Waals surface area contributed by atoms with E-state index in [1.807, 2.05) is 0 Å². The fourth-order valence-electron chi connectivity index (χ4n) is 0.894. The van der Waals surface area contributed by atoms with Crippen LogP contribution in [-0.2, 0) is 0 Å². The zero-order valence-electron chi connectivity index (χ0n) is 7.16. The van der Waals surface area contributed by atoms with Crippen LogP contribution in [0.15, 0.2) is 18.2 Å². The van der Waals surface area contributed by atoms with Gasteiger partial charge in [0.25, 0.3) is 0 Å². The van der Waals surface area contributed by atoms with Crippen LogP contribution in [0.3, 0.4) is 0 Å². The van der Waals surface area contributed by atoms with Crippen molar-refractivity contribution >= 4 is 0 Å². The molecule has 1 aromatic rings. The fourth-order valence-corrected chi connectivity index (χ4v) is 0.894. The van der Waals surface area contributed by atoms with Gasteiger partial charge >= 0.3 is 0 Å². The van der Waals surface area contributed by atoms with E-state index < -0.39 is 0 Å². The summed E-state index contributed by atoms with van der Waals surface area (Å²) in [4.78, 5) is 0. The van der Waals surface area contributed by atoms with Crippen molar-refractivity contribution in [2.75, 3.05) is 14.2 Å². The van der Waals surface area contributed by atoms with E-state index in [0.29, 0.717) is 11.5 Å². The van der Waals surface area contributed by atoms with Crippen LogP contribution in [0.4, 0.5) is 0 Å².